The van der Waals surface area contributed by atoms with Gasteiger partial charge in [-0.3, -0.25) is 4.98 Å². The normalized spacial score (nSPS) is 17.9. The van der Waals surface area contributed by atoms with Crippen molar-refractivity contribution in [1.29, 1.82) is 0 Å². The minimum atomic E-state index is -4.24. The molecule has 1 saturated heterocycles. The molecule has 0 radical (unpaired) electrons. The number of aliphatic hydroxyl groups excluding tert-OH is 1. The Kier molecular flexibility index (Phi) is 5.44. The number of carbonyl (C=O) groups is 1. The van der Waals surface area contributed by atoms with E-state index >= 15 is 0 Å². The van der Waals surface area contributed by atoms with Gasteiger partial charge in [-0.15, -0.1) is 0 Å². The van der Waals surface area contributed by atoms with E-state index in [0.29, 0.717) is 21.5 Å². The maximum Gasteiger partial charge on any atom is 0.391 e. The summed E-state index contributed by atoms with van der Waals surface area (Å²) in [7, 11) is 0. The number of alkyl halides is 3. The number of carboxylic acids is 1. The summed E-state index contributed by atoms with van der Waals surface area (Å²) in [5.74, 6) is -3.05. The smallest absolute Gasteiger partial charge is 0.391 e. The summed E-state index contributed by atoms with van der Waals surface area (Å²) in [6.45, 7) is 3.46. The summed E-state index contributed by atoms with van der Waals surface area (Å²) in [6, 6.07) is 0. The van der Waals surface area contributed by atoms with Crippen molar-refractivity contribution in [1.82, 2.24) is 4.98 Å². The molecule has 0 spiro atoms. The number of carboxylic acid groups (broad SMARTS) is 1. The van der Waals surface area contributed by atoms with Crippen molar-refractivity contribution in [2.45, 2.75) is 39.0 Å². The van der Waals surface area contributed by atoms with E-state index in [1.807, 2.05) is 0 Å². The molecule has 1 aromatic rings. The lowest BCUT2D eigenvalue weighted by Crippen LogP contribution is -2.40. The molecule has 1 aromatic heterocycles. The molecule has 1 N–H and O–H groups in total. The van der Waals surface area contributed by atoms with Crippen LogP contribution in [0.2, 0.25) is 0 Å². The minimum Gasteiger partial charge on any atom is -0.547 e. The van der Waals surface area contributed by atoms with Crippen LogP contribution in [0.5, 0.6) is 0 Å². The van der Waals surface area contributed by atoms with Crippen LogP contribution in [0.15, 0.2) is 4.47 Å². The van der Waals surface area contributed by atoms with E-state index in [2.05, 4.69) is 20.9 Å². The Morgan fingerprint density at radius 2 is 1.88 bits per heavy atom. The first-order valence-corrected chi connectivity index (χ1v) is 8.20. The van der Waals surface area contributed by atoms with Crippen LogP contribution in [0.3, 0.4) is 0 Å². The quantitative estimate of drug-likeness (QED) is 0.826. The van der Waals surface area contributed by atoms with Crippen molar-refractivity contribution in [3.05, 3.63) is 21.4 Å². The molecule has 24 heavy (non-hydrogen) atoms. The second-order valence-corrected chi connectivity index (χ2v) is 6.68. The Labute approximate surface area is 145 Å². The van der Waals surface area contributed by atoms with Gasteiger partial charge in [0.2, 0.25) is 0 Å². The fourth-order valence-electron chi connectivity index (χ4n) is 3.01. The number of hydrogen-bond acceptors (Lipinski definition) is 5. The SMILES string of the molecule is Cc1nc(C)c(C(O)C(=O)[O-])c(N2CCC(C(F)(F)F)CC2)c1Br. The Bertz CT molecular complexity index is 644. The number of aryl methyl sites for hydroxylation is 2. The topological polar surface area (TPSA) is 76.5 Å². The van der Waals surface area contributed by atoms with E-state index in [0.717, 1.165) is 0 Å². The number of piperidine rings is 1. The molecule has 1 aliphatic heterocycles. The number of hydrogen-bond donors (Lipinski definition) is 1. The lowest BCUT2D eigenvalue weighted by atomic mass is 9.94. The Balaban J connectivity index is 2.41. The van der Waals surface area contributed by atoms with E-state index in [4.69, 9.17) is 0 Å². The number of aromatic nitrogens is 1. The zero-order valence-electron chi connectivity index (χ0n) is 13.2. The zero-order valence-corrected chi connectivity index (χ0v) is 14.7. The highest BCUT2D eigenvalue weighted by atomic mass is 79.9. The minimum absolute atomic E-state index is 0.0536. The first-order chi connectivity index (χ1) is 11.0. The van der Waals surface area contributed by atoms with Crippen LogP contribution in [0.25, 0.3) is 0 Å². The lowest BCUT2D eigenvalue weighted by Gasteiger charge is -2.37. The van der Waals surface area contributed by atoms with Gasteiger partial charge in [0.15, 0.2) is 0 Å². The van der Waals surface area contributed by atoms with Gasteiger partial charge in [-0.2, -0.15) is 13.2 Å². The summed E-state index contributed by atoms with van der Waals surface area (Å²) in [6.07, 6.45) is -6.31. The third-order valence-electron chi connectivity index (χ3n) is 4.28. The zero-order chi connectivity index (χ0) is 18.2. The van der Waals surface area contributed by atoms with Crippen LogP contribution >= 0.6 is 15.9 Å². The van der Waals surface area contributed by atoms with Crippen LogP contribution in [0.1, 0.15) is 35.9 Å². The molecule has 134 valence electrons. The monoisotopic (exact) mass is 409 g/mol. The summed E-state index contributed by atoms with van der Waals surface area (Å²) in [5, 5.41) is 21.1. The molecule has 1 aliphatic rings. The van der Waals surface area contributed by atoms with Crippen molar-refractivity contribution in [2.75, 3.05) is 18.0 Å². The fourth-order valence-corrected chi connectivity index (χ4v) is 3.56. The van der Waals surface area contributed by atoms with Gasteiger partial charge in [0.05, 0.1) is 27.7 Å². The molecular formula is C15H17BrF3N2O3-. The molecule has 5 nitrogen and oxygen atoms in total. The predicted molar refractivity (Wildman–Crippen MR) is 82.4 cm³/mol. The molecule has 0 saturated carbocycles. The number of halogens is 4. The Morgan fingerprint density at radius 3 is 2.33 bits per heavy atom. The van der Waals surface area contributed by atoms with Crippen molar-refractivity contribution in [2.24, 2.45) is 5.92 Å². The van der Waals surface area contributed by atoms with Crippen molar-refractivity contribution < 1.29 is 28.2 Å². The van der Waals surface area contributed by atoms with Crippen molar-refractivity contribution in [3.63, 3.8) is 0 Å². The molecule has 1 atom stereocenters. The van der Waals surface area contributed by atoms with E-state index < -0.39 is 24.2 Å². The first-order valence-electron chi connectivity index (χ1n) is 7.41. The molecule has 1 unspecified atom stereocenters. The Morgan fingerprint density at radius 1 is 1.33 bits per heavy atom. The number of aliphatic hydroxyl groups is 1. The standard InChI is InChI=1S/C15H18BrF3N2O3/c1-7-10(13(22)14(23)24)12(11(16)8(2)20-7)21-5-3-9(4-6-21)15(17,18)19/h9,13,22H,3-6H2,1-2H3,(H,23,24)/p-1. The average molecular weight is 410 g/mol. The molecule has 0 bridgehead atoms. The molecule has 2 heterocycles. The molecular weight excluding hydrogens is 393 g/mol. The van der Waals surface area contributed by atoms with Gasteiger partial charge >= 0.3 is 6.18 Å². The molecule has 0 aliphatic carbocycles. The summed E-state index contributed by atoms with van der Waals surface area (Å²) < 4.78 is 39.0. The highest BCUT2D eigenvalue weighted by molar-refractivity contribution is 9.10. The van der Waals surface area contributed by atoms with Crippen LogP contribution in [-0.2, 0) is 4.79 Å². The lowest BCUT2D eigenvalue weighted by molar-refractivity contribution is -0.315. The molecule has 0 aromatic carbocycles. The van der Waals surface area contributed by atoms with Gasteiger partial charge < -0.3 is 19.9 Å². The maximum atomic E-state index is 12.8. The highest BCUT2D eigenvalue weighted by Gasteiger charge is 2.41. The van der Waals surface area contributed by atoms with Gasteiger partial charge in [-0.25, -0.2) is 0 Å². The maximum absolute atomic E-state index is 12.8. The second kappa shape index (κ2) is 6.87. The molecule has 0 amide bonds. The number of pyridine rings is 1. The van der Waals surface area contributed by atoms with E-state index in [1.54, 1.807) is 18.7 Å². The molecule has 2 rings (SSSR count). The first kappa shape index (κ1) is 19.0. The van der Waals surface area contributed by atoms with Crippen LogP contribution < -0.4 is 10.0 Å². The average Bonchev–Trinajstić information content (AvgIpc) is 2.49. The van der Waals surface area contributed by atoms with Gasteiger partial charge in [0.25, 0.3) is 0 Å². The third kappa shape index (κ3) is 3.66. The summed E-state index contributed by atoms with van der Waals surface area (Å²) in [5.41, 5.74) is 1.30. The fraction of sp³-hybridized carbons (Fsp3) is 0.600. The van der Waals surface area contributed by atoms with Crippen LogP contribution in [0, 0.1) is 19.8 Å². The summed E-state index contributed by atoms with van der Waals surface area (Å²) >= 11 is 3.32. The van der Waals surface area contributed by atoms with Crippen molar-refractivity contribution >= 4 is 27.6 Å². The third-order valence-corrected chi connectivity index (χ3v) is 5.23. The largest absolute Gasteiger partial charge is 0.547 e. The van der Waals surface area contributed by atoms with Gasteiger partial charge in [0, 0.05) is 24.3 Å². The van der Waals surface area contributed by atoms with E-state index in [-0.39, 0.29) is 31.5 Å². The van der Waals surface area contributed by atoms with E-state index in [9.17, 15) is 28.2 Å². The Hall–Kier alpha value is -1.35. The number of aliphatic carboxylic acids is 1. The van der Waals surface area contributed by atoms with Gasteiger partial charge in [-0.1, -0.05) is 0 Å². The van der Waals surface area contributed by atoms with Crippen molar-refractivity contribution in [3.8, 4) is 0 Å². The van der Waals surface area contributed by atoms with Crippen LogP contribution in [-0.4, -0.2) is 35.3 Å². The number of carbonyl (C=O) groups excluding carboxylic acids is 1. The number of rotatable bonds is 3. The highest BCUT2D eigenvalue weighted by Crippen LogP contribution is 2.41. The van der Waals surface area contributed by atoms with E-state index in [1.165, 1.54) is 0 Å². The second-order valence-electron chi connectivity index (χ2n) is 5.88. The number of nitrogens with zero attached hydrogens (tertiary/aromatic N) is 2. The molecule has 9 heteroatoms. The predicted octanol–water partition coefficient (Wildman–Crippen LogP) is 2.02. The van der Waals surface area contributed by atoms with Crippen LogP contribution in [0.4, 0.5) is 18.9 Å². The van der Waals surface area contributed by atoms with Gasteiger partial charge in [0.1, 0.15) is 6.10 Å². The molecule has 1 fully saturated rings. The van der Waals surface area contributed by atoms with Gasteiger partial charge in [-0.05, 0) is 42.6 Å². The number of anilines is 1. The summed E-state index contributed by atoms with van der Waals surface area (Å²) in [4.78, 5) is 16.9.